The summed E-state index contributed by atoms with van der Waals surface area (Å²) in [5.41, 5.74) is 5.20. The van der Waals surface area contributed by atoms with Crippen molar-refractivity contribution in [2.75, 3.05) is 21.2 Å². The van der Waals surface area contributed by atoms with E-state index in [1.54, 1.807) is 7.11 Å². The quantitative estimate of drug-likeness (QED) is 0.777. The first kappa shape index (κ1) is 13.0. The fraction of sp³-hybridized carbons (Fsp3) is 0.571. The number of hydrogen-bond donors (Lipinski definition) is 0. The molecule has 0 radical (unpaired) electrons. The summed E-state index contributed by atoms with van der Waals surface area (Å²) < 4.78 is 5.44. The standard InChI is InChI=1S/C14H23NO/c1-9-8-13(12(4)15(5)6)10(2)11(3)14(9)16-7/h8,12H,1-7H3. The molecule has 0 spiro atoms. The van der Waals surface area contributed by atoms with E-state index in [1.165, 1.54) is 22.3 Å². The molecule has 0 aliphatic heterocycles. The highest BCUT2D eigenvalue weighted by Gasteiger charge is 2.16. The van der Waals surface area contributed by atoms with Gasteiger partial charge in [-0.25, -0.2) is 0 Å². The summed E-state index contributed by atoms with van der Waals surface area (Å²) in [4.78, 5) is 2.23. The zero-order valence-electron chi connectivity index (χ0n) is 11.5. The van der Waals surface area contributed by atoms with Crippen LogP contribution in [-0.2, 0) is 0 Å². The highest BCUT2D eigenvalue weighted by Crippen LogP contribution is 2.32. The molecule has 0 aliphatic carbocycles. The van der Waals surface area contributed by atoms with E-state index in [0.29, 0.717) is 6.04 Å². The monoisotopic (exact) mass is 221 g/mol. The Balaban J connectivity index is 3.34. The molecule has 1 atom stereocenters. The molecule has 90 valence electrons. The lowest BCUT2D eigenvalue weighted by Crippen LogP contribution is -2.18. The minimum absolute atomic E-state index is 0.434. The molecule has 0 fully saturated rings. The van der Waals surface area contributed by atoms with E-state index >= 15 is 0 Å². The van der Waals surface area contributed by atoms with Crippen molar-refractivity contribution in [3.05, 3.63) is 28.3 Å². The van der Waals surface area contributed by atoms with Crippen LogP contribution in [0.15, 0.2) is 6.07 Å². The van der Waals surface area contributed by atoms with Gasteiger partial charge in [-0.3, -0.25) is 0 Å². The van der Waals surface area contributed by atoms with E-state index in [4.69, 9.17) is 4.74 Å². The van der Waals surface area contributed by atoms with Crippen molar-refractivity contribution in [2.24, 2.45) is 0 Å². The maximum absolute atomic E-state index is 5.44. The summed E-state index contributed by atoms with van der Waals surface area (Å²) >= 11 is 0. The van der Waals surface area contributed by atoms with Gasteiger partial charge in [-0.1, -0.05) is 6.07 Å². The molecule has 1 aromatic rings. The maximum atomic E-state index is 5.44. The van der Waals surface area contributed by atoms with Crippen molar-refractivity contribution >= 4 is 0 Å². The highest BCUT2D eigenvalue weighted by molar-refractivity contribution is 5.49. The Bertz CT molecular complexity index is 383. The fourth-order valence-electron chi connectivity index (χ4n) is 2.12. The normalized spacial score (nSPS) is 13.0. The minimum Gasteiger partial charge on any atom is -0.496 e. The van der Waals surface area contributed by atoms with Crippen LogP contribution in [0, 0.1) is 20.8 Å². The molecule has 0 heterocycles. The van der Waals surface area contributed by atoms with Gasteiger partial charge in [-0.05, 0) is 64.0 Å². The maximum Gasteiger partial charge on any atom is 0.124 e. The molecular formula is C14H23NO. The van der Waals surface area contributed by atoms with Gasteiger partial charge in [0.2, 0.25) is 0 Å². The third kappa shape index (κ3) is 2.22. The first-order chi connectivity index (χ1) is 7.40. The number of aryl methyl sites for hydroxylation is 1. The summed E-state index contributed by atoms with van der Waals surface area (Å²) in [6, 6.07) is 2.68. The molecule has 16 heavy (non-hydrogen) atoms. The molecular weight excluding hydrogens is 198 g/mol. The zero-order valence-corrected chi connectivity index (χ0v) is 11.5. The Morgan fingerprint density at radius 1 is 1.12 bits per heavy atom. The third-order valence-corrected chi connectivity index (χ3v) is 3.50. The first-order valence-electron chi connectivity index (χ1n) is 5.71. The van der Waals surface area contributed by atoms with Gasteiger partial charge in [0.25, 0.3) is 0 Å². The van der Waals surface area contributed by atoms with E-state index in [9.17, 15) is 0 Å². The summed E-state index contributed by atoms with van der Waals surface area (Å²) in [6.45, 7) is 8.64. The van der Waals surface area contributed by atoms with Crippen LogP contribution in [-0.4, -0.2) is 26.1 Å². The number of benzene rings is 1. The number of ether oxygens (including phenoxy) is 1. The third-order valence-electron chi connectivity index (χ3n) is 3.50. The molecule has 2 nitrogen and oxygen atoms in total. The minimum atomic E-state index is 0.434. The van der Waals surface area contributed by atoms with Crippen molar-refractivity contribution in [3.8, 4) is 5.75 Å². The molecule has 0 aliphatic rings. The fourth-order valence-corrected chi connectivity index (χ4v) is 2.12. The molecule has 0 bridgehead atoms. The number of nitrogens with zero attached hydrogens (tertiary/aromatic N) is 1. The second-order valence-electron chi connectivity index (χ2n) is 4.71. The molecule has 1 unspecified atom stereocenters. The number of methoxy groups -OCH3 is 1. The predicted octanol–water partition coefficient (Wildman–Crippen LogP) is 3.24. The van der Waals surface area contributed by atoms with Gasteiger partial charge in [0.1, 0.15) is 5.75 Å². The SMILES string of the molecule is COc1c(C)cc(C(C)N(C)C)c(C)c1C. The first-order valence-corrected chi connectivity index (χ1v) is 5.71. The van der Waals surface area contributed by atoms with E-state index in [2.05, 4.69) is 52.8 Å². The highest BCUT2D eigenvalue weighted by atomic mass is 16.5. The average molecular weight is 221 g/mol. The molecule has 1 rings (SSSR count). The van der Waals surface area contributed by atoms with Crippen LogP contribution in [0.25, 0.3) is 0 Å². The Kier molecular flexibility index (Phi) is 3.98. The van der Waals surface area contributed by atoms with Gasteiger partial charge in [0, 0.05) is 6.04 Å². The molecule has 0 N–H and O–H groups in total. The van der Waals surface area contributed by atoms with Crippen LogP contribution in [0.3, 0.4) is 0 Å². The lowest BCUT2D eigenvalue weighted by Gasteiger charge is -2.24. The molecule has 0 aromatic heterocycles. The molecule has 2 heteroatoms. The predicted molar refractivity (Wildman–Crippen MR) is 69.3 cm³/mol. The Labute approximate surface area is 99.2 Å². The van der Waals surface area contributed by atoms with Gasteiger partial charge < -0.3 is 9.64 Å². The molecule has 0 amide bonds. The van der Waals surface area contributed by atoms with Gasteiger partial charge in [0.15, 0.2) is 0 Å². The van der Waals surface area contributed by atoms with E-state index in [0.717, 1.165) is 5.75 Å². The Hall–Kier alpha value is -1.02. The lowest BCUT2D eigenvalue weighted by atomic mass is 9.94. The number of hydrogen-bond acceptors (Lipinski definition) is 2. The van der Waals surface area contributed by atoms with E-state index in [1.807, 2.05) is 0 Å². The van der Waals surface area contributed by atoms with Crippen LogP contribution in [0.5, 0.6) is 5.75 Å². The van der Waals surface area contributed by atoms with Gasteiger partial charge in [-0.2, -0.15) is 0 Å². The van der Waals surface area contributed by atoms with Crippen LogP contribution in [0.1, 0.15) is 35.2 Å². The van der Waals surface area contributed by atoms with Crippen molar-refractivity contribution < 1.29 is 4.74 Å². The number of rotatable bonds is 3. The van der Waals surface area contributed by atoms with Crippen molar-refractivity contribution in [1.82, 2.24) is 4.90 Å². The van der Waals surface area contributed by atoms with Crippen LogP contribution in [0.4, 0.5) is 0 Å². The van der Waals surface area contributed by atoms with Crippen LogP contribution >= 0.6 is 0 Å². The molecule has 0 saturated carbocycles. The molecule has 0 saturated heterocycles. The Morgan fingerprint density at radius 2 is 1.69 bits per heavy atom. The van der Waals surface area contributed by atoms with Crippen LogP contribution < -0.4 is 4.74 Å². The average Bonchev–Trinajstić information content (AvgIpc) is 2.23. The van der Waals surface area contributed by atoms with Crippen molar-refractivity contribution in [3.63, 3.8) is 0 Å². The van der Waals surface area contributed by atoms with Gasteiger partial charge >= 0.3 is 0 Å². The van der Waals surface area contributed by atoms with Crippen molar-refractivity contribution in [2.45, 2.75) is 33.7 Å². The van der Waals surface area contributed by atoms with Gasteiger partial charge in [0.05, 0.1) is 7.11 Å². The van der Waals surface area contributed by atoms with Gasteiger partial charge in [-0.15, -0.1) is 0 Å². The summed E-state index contributed by atoms with van der Waals surface area (Å²) in [5.74, 6) is 1.02. The lowest BCUT2D eigenvalue weighted by molar-refractivity contribution is 0.319. The van der Waals surface area contributed by atoms with E-state index < -0.39 is 0 Å². The summed E-state index contributed by atoms with van der Waals surface area (Å²) in [6.07, 6.45) is 0. The largest absolute Gasteiger partial charge is 0.496 e. The summed E-state index contributed by atoms with van der Waals surface area (Å²) in [7, 11) is 5.96. The zero-order chi connectivity index (χ0) is 12.5. The summed E-state index contributed by atoms with van der Waals surface area (Å²) in [5, 5.41) is 0. The van der Waals surface area contributed by atoms with E-state index in [-0.39, 0.29) is 0 Å². The second-order valence-corrected chi connectivity index (χ2v) is 4.71. The molecule has 1 aromatic carbocycles. The Morgan fingerprint density at radius 3 is 2.12 bits per heavy atom. The topological polar surface area (TPSA) is 12.5 Å². The second kappa shape index (κ2) is 4.88. The smallest absolute Gasteiger partial charge is 0.124 e. The van der Waals surface area contributed by atoms with Crippen molar-refractivity contribution in [1.29, 1.82) is 0 Å². The van der Waals surface area contributed by atoms with Crippen LogP contribution in [0.2, 0.25) is 0 Å².